The quantitative estimate of drug-likeness (QED) is 0.0156. The standard InChI is InChI=1S/C50H80NO9P/c1-6-8-10-12-14-16-18-20-22-24-26-28-30-32-34-36-38-40-50(54)60-48(46-59-61(55,56)58-44-43-51(3,4)5)45-57-49(53)42-41-47(52)39-37-35-33-31-29-27-25-23-21-19-17-15-13-11-9-7-2/h8-11,14-17,20-23,26-29,33,35,37,39,47-48,52H,6-7,12-13,18-19,24-25,30-32,34,36,38,40-46H2,1-5H3/p+1/b10-8-,11-9-,16-14-,17-15-,22-20-,23-21-,28-26-,29-27-,35-33-,39-37-/t47?,48-/m1/s1. The van der Waals surface area contributed by atoms with E-state index in [0.717, 1.165) is 83.5 Å². The lowest BCUT2D eigenvalue weighted by atomic mass is 10.1. The molecule has 0 aliphatic rings. The van der Waals surface area contributed by atoms with Crippen molar-refractivity contribution in [2.75, 3.05) is 47.5 Å². The van der Waals surface area contributed by atoms with Gasteiger partial charge in [-0.1, -0.05) is 148 Å². The van der Waals surface area contributed by atoms with Gasteiger partial charge in [0, 0.05) is 12.8 Å². The molecule has 0 amide bonds. The first-order valence-electron chi connectivity index (χ1n) is 22.4. The third-order valence-corrected chi connectivity index (χ3v) is 9.59. The second-order valence-electron chi connectivity index (χ2n) is 15.5. The van der Waals surface area contributed by atoms with Crippen LogP contribution >= 0.6 is 7.82 Å². The van der Waals surface area contributed by atoms with Crippen molar-refractivity contribution in [2.45, 2.75) is 135 Å². The van der Waals surface area contributed by atoms with Crippen LogP contribution in [0.4, 0.5) is 0 Å². The van der Waals surface area contributed by atoms with Crippen LogP contribution in [0.25, 0.3) is 0 Å². The van der Waals surface area contributed by atoms with Crippen molar-refractivity contribution in [3.05, 3.63) is 122 Å². The summed E-state index contributed by atoms with van der Waals surface area (Å²) < 4.78 is 34.1. The molecule has 2 unspecified atom stereocenters. The van der Waals surface area contributed by atoms with E-state index in [9.17, 15) is 24.2 Å². The molecule has 2 N–H and O–H groups in total. The van der Waals surface area contributed by atoms with Crippen LogP contribution in [0.15, 0.2) is 122 Å². The van der Waals surface area contributed by atoms with Crippen LogP contribution in [0.1, 0.15) is 123 Å². The monoisotopic (exact) mass is 871 g/mol. The molecule has 61 heavy (non-hydrogen) atoms. The Kier molecular flexibility index (Phi) is 38.0. The van der Waals surface area contributed by atoms with E-state index in [1.165, 1.54) is 0 Å². The maximum absolute atomic E-state index is 12.7. The Balaban J connectivity index is 4.65. The van der Waals surface area contributed by atoms with E-state index in [0.29, 0.717) is 17.4 Å². The van der Waals surface area contributed by atoms with Crippen molar-refractivity contribution in [2.24, 2.45) is 0 Å². The van der Waals surface area contributed by atoms with Crippen molar-refractivity contribution in [3.8, 4) is 0 Å². The Morgan fingerprint density at radius 2 is 1.08 bits per heavy atom. The molecule has 0 aromatic heterocycles. The van der Waals surface area contributed by atoms with Crippen molar-refractivity contribution < 1.29 is 47.2 Å². The van der Waals surface area contributed by atoms with Gasteiger partial charge >= 0.3 is 19.8 Å². The number of allylic oxidation sites excluding steroid dienone is 19. The van der Waals surface area contributed by atoms with Gasteiger partial charge in [-0.2, -0.15) is 0 Å². The van der Waals surface area contributed by atoms with Crippen LogP contribution < -0.4 is 0 Å². The molecule has 344 valence electrons. The third kappa shape index (κ3) is 44.2. The minimum absolute atomic E-state index is 0.0170. The molecule has 0 aromatic carbocycles. The van der Waals surface area contributed by atoms with Gasteiger partial charge in [0.15, 0.2) is 6.10 Å². The van der Waals surface area contributed by atoms with Gasteiger partial charge in [0.2, 0.25) is 0 Å². The fourth-order valence-corrected chi connectivity index (χ4v) is 5.85. The lowest BCUT2D eigenvalue weighted by Gasteiger charge is -2.24. The lowest BCUT2D eigenvalue weighted by Crippen LogP contribution is -2.37. The SMILES string of the molecule is CC/C=C\C/C=C\C/C=C\C/C=C\C/C=C\C=C/C(O)CCC(=O)OC[C@H](COP(=O)(O)OCC[N+](C)(C)C)OC(=O)CCCCCC/C=C\C/C=C\C/C=C\C/C=C\CC. The predicted octanol–water partition coefficient (Wildman–Crippen LogP) is 11.9. The smallest absolute Gasteiger partial charge is 0.462 e. The summed E-state index contributed by atoms with van der Waals surface area (Å²) in [4.78, 5) is 35.4. The molecule has 0 fully saturated rings. The Morgan fingerprint density at radius 1 is 0.590 bits per heavy atom. The molecule has 3 atom stereocenters. The summed E-state index contributed by atoms with van der Waals surface area (Å²) in [6.45, 7) is 3.85. The highest BCUT2D eigenvalue weighted by molar-refractivity contribution is 7.47. The molecule has 0 saturated heterocycles. The van der Waals surface area contributed by atoms with Crippen LogP contribution in [0.2, 0.25) is 0 Å². The highest BCUT2D eigenvalue weighted by Crippen LogP contribution is 2.43. The van der Waals surface area contributed by atoms with Crippen molar-refractivity contribution in [1.82, 2.24) is 0 Å². The summed E-state index contributed by atoms with van der Waals surface area (Å²) in [6, 6.07) is 0. The zero-order chi connectivity index (χ0) is 45.1. The third-order valence-electron chi connectivity index (χ3n) is 8.60. The van der Waals surface area contributed by atoms with Crippen molar-refractivity contribution in [1.29, 1.82) is 0 Å². The average molecular weight is 871 g/mol. The molecule has 0 radical (unpaired) electrons. The van der Waals surface area contributed by atoms with Crippen molar-refractivity contribution >= 4 is 19.8 Å². The minimum Gasteiger partial charge on any atom is -0.462 e. The van der Waals surface area contributed by atoms with Gasteiger partial charge in [-0.25, -0.2) is 4.57 Å². The second kappa shape index (κ2) is 40.4. The maximum atomic E-state index is 12.7. The number of likely N-dealkylation sites (N-methyl/N-ethyl adjacent to an activating group) is 1. The van der Waals surface area contributed by atoms with Crippen LogP contribution in [0.5, 0.6) is 0 Å². The fourth-order valence-electron chi connectivity index (χ4n) is 5.11. The zero-order valence-electron chi connectivity index (χ0n) is 38.2. The molecule has 0 aromatic rings. The first kappa shape index (κ1) is 57.4. The molecule has 0 spiro atoms. The van der Waals surface area contributed by atoms with E-state index in [2.05, 4.69) is 111 Å². The largest absolute Gasteiger partial charge is 0.472 e. The molecule has 0 aliphatic carbocycles. The van der Waals surface area contributed by atoms with E-state index < -0.39 is 38.6 Å². The number of phosphoric ester groups is 1. The van der Waals surface area contributed by atoms with Gasteiger partial charge in [0.1, 0.15) is 19.8 Å². The number of unbranched alkanes of at least 4 members (excludes halogenated alkanes) is 4. The first-order valence-corrected chi connectivity index (χ1v) is 23.9. The normalized spacial score (nSPS) is 15.2. The summed E-state index contributed by atoms with van der Waals surface area (Å²) in [6.07, 6.45) is 53.0. The lowest BCUT2D eigenvalue weighted by molar-refractivity contribution is -0.870. The summed E-state index contributed by atoms with van der Waals surface area (Å²) in [7, 11) is 1.31. The number of aliphatic hydroxyl groups is 1. The summed E-state index contributed by atoms with van der Waals surface area (Å²) in [5, 5.41) is 10.3. The average Bonchev–Trinajstić information content (AvgIpc) is 3.21. The molecule has 0 bridgehead atoms. The summed E-state index contributed by atoms with van der Waals surface area (Å²) in [5.74, 6) is -1.12. The highest BCUT2D eigenvalue weighted by Gasteiger charge is 2.27. The number of ether oxygens (including phenoxy) is 2. The predicted molar refractivity (Wildman–Crippen MR) is 253 cm³/mol. The number of quaternary nitrogens is 1. The number of aliphatic hydroxyl groups excluding tert-OH is 1. The second-order valence-corrected chi connectivity index (χ2v) is 17.0. The number of esters is 2. The van der Waals surface area contributed by atoms with E-state index in [1.54, 1.807) is 12.2 Å². The van der Waals surface area contributed by atoms with Crippen LogP contribution in [0, 0.1) is 0 Å². The molecular weight excluding hydrogens is 790 g/mol. The molecule has 0 rings (SSSR count). The van der Waals surface area contributed by atoms with E-state index in [4.69, 9.17) is 18.5 Å². The number of carbonyl (C=O) groups is 2. The van der Waals surface area contributed by atoms with Gasteiger partial charge < -0.3 is 24.0 Å². The number of hydrogen-bond donors (Lipinski definition) is 2. The molecule has 10 nitrogen and oxygen atoms in total. The molecule has 0 heterocycles. The Bertz CT molecular complexity index is 1460. The Hall–Kier alpha value is -3.63. The Morgan fingerprint density at radius 3 is 1.61 bits per heavy atom. The molecule has 0 aliphatic heterocycles. The van der Waals surface area contributed by atoms with Gasteiger partial charge in [-0.3, -0.25) is 18.6 Å². The van der Waals surface area contributed by atoms with Gasteiger partial charge in [-0.05, 0) is 83.5 Å². The van der Waals surface area contributed by atoms with E-state index >= 15 is 0 Å². The van der Waals surface area contributed by atoms with Gasteiger partial charge in [-0.15, -0.1) is 0 Å². The summed E-state index contributed by atoms with van der Waals surface area (Å²) in [5.41, 5.74) is 0. The van der Waals surface area contributed by atoms with E-state index in [1.807, 2.05) is 33.3 Å². The number of nitrogens with zero attached hydrogens (tertiary/aromatic N) is 1. The number of hydrogen-bond acceptors (Lipinski definition) is 8. The first-order chi connectivity index (χ1) is 29.4. The van der Waals surface area contributed by atoms with Gasteiger partial charge in [0.25, 0.3) is 0 Å². The Labute approximate surface area is 370 Å². The highest BCUT2D eigenvalue weighted by atomic mass is 31.2. The molecular formula is C50H81NO9P+. The molecule has 11 heteroatoms. The van der Waals surface area contributed by atoms with Crippen molar-refractivity contribution in [3.63, 3.8) is 0 Å². The van der Waals surface area contributed by atoms with Gasteiger partial charge in [0.05, 0.1) is 33.9 Å². The minimum atomic E-state index is -4.45. The summed E-state index contributed by atoms with van der Waals surface area (Å²) >= 11 is 0. The zero-order valence-corrected chi connectivity index (χ0v) is 39.1. The number of rotatable bonds is 38. The molecule has 0 saturated carbocycles. The number of phosphoric acid groups is 1. The fraction of sp³-hybridized carbons (Fsp3) is 0.560. The maximum Gasteiger partial charge on any atom is 0.472 e. The van der Waals surface area contributed by atoms with E-state index in [-0.39, 0.29) is 32.5 Å². The van der Waals surface area contributed by atoms with Crippen LogP contribution in [-0.2, 0) is 32.7 Å². The van der Waals surface area contributed by atoms with Crippen LogP contribution in [0.3, 0.4) is 0 Å². The topological polar surface area (TPSA) is 129 Å². The number of carbonyl (C=O) groups excluding carboxylic acids is 2. The van der Waals surface area contributed by atoms with Crippen LogP contribution in [-0.4, -0.2) is 86.1 Å².